The number of hydrogen-bond acceptors (Lipinski definition) is 6. The van der Waals surface area contributed by atoms with Crippen LogP contribution in [0.4, 0.5) is 5.13 Å². The van der Waals surface area contributed by atoms with Crippen LogP contribution in [-0.4, -0.2) is 23.7 Å². The first-order chi connectivity index (χ1) is 8.92. The average molecular weight is 364 g/mol. The van der Waals surface area contributed by atoms with E-state index in [9.17, 15) is 8.42 Å². The summed E-state index contributed by atoms with van der Waals surface area (Å²) in [6, 6.07) is 4.62. The molecule has 0 saturated carbocycles. The molecule has 0 bridgehead atoms. The van der Waals surface area contributed by atoms with E-state index in [4.69, 9.17) is 5.11 Å². The molecule has 2 rings (SSSR count). The maximum atomic E-state index is 12.2. The molecule has 0 fully saturated rings. The van der Waals surface area contributed by atoms with E-state index in [1.165, 1.54) is 6.07 Å². The molecule has 102 valence electrons. The van der Waals surface area contributed by atoms with Crippen LogP contribution in [0.25, 0.3) is 0 Å². The Labute approximate surface area is 122 Å². The van der Waals surface area contributed by atoms with Crippen molar-refractivity contribution in [1.82, 2.24) is 10.2 Å². The fraction of sp³-hybridized carbons (Fsp3) is 0.200. The number of anilines is 1. The predicted octanol–water partition coefficient (Wildman–Crippen LogP) is 1.90. The van der Waals surface area contributed by atoms with E-state index < -0.39 is 10.0 Å². The van der Waals surface area contributed by atoms with Crippen LogP contribution in [0.1, 0.15) is 10.6 Å². The third-order valence-corrected chi connectivity index (χ3v) is 5.43. The van der Waals surface area contributed by atoms with Gasteiger partial charge in [0.15, 0.2) is 0 Å². The van der Waals surface area contributed by atoms with Crippen molar-refractivity contribution >= 4 is 42.4 Å². The molecular weight excluding hydrogens is 354 g/mol. The van der Waals surface area contributed by atoms with Crippen LogP contribution in [0.3, 0.4) is 0 Å². The molecule has 0 saturated heterocycles. The Bertz CT molecular complexity index is 700. The number of nitrogens with one attached hydrogen (secondary N) is 1. The minimum atomic E-state index is -3.76. The molecule has 0 amide bonds. The molecule has 19 heavy (non-hydrogen) atoms. The summed E-state index contributed by atoms with van der Waals surface area (Å²) in [6.45, 7) is 1.51. The van der Waals surface area contributed by atoms with Crippen LogP contribution in [0.15, 0.2) is 27.6 Å². The van der Waals surface area contributed by atoms with Gasteiger partial charge in [0.05, 0.1) is 6.61 Å². The Morgan fingerprint density at radius 1 is 1.42 bits per heavy atom. The second-order valence-corrected chi connectivity index (χ2v) is 7.34. The number of benzene rings is 1. The highest BCUT2D eigenvalue weighted by Gasteiger charge is 2.20. The molecular formula is C10H10BrN3O3S2. The van der Waals surface area contributed by atoms with Crippen molar-refractivity contribution in [2.24, 2.45) is 0 Å². The van der Waals surface area contributed by atoms with Crippen molar-refractivity contribution < 1.29 is 13.5 Å². The molecule has 6 nitrogen and oxygen atoms in total. The maximum absolute atomic E-state index is 12.2. The second kappa shape index (κ2) is 5.53. The molecule has 0 spiro atoms. The highest BCUT2D eigenvalue weighted by molar-refractivity contribution is 9.10. The Balaban J connectivity index is 2.39. The smallest absolute Gasteiger partial charge is 0.264 e. The second-order valence-electron chi connectivity index (χ2n) is 3.65. The molecule has 9 heteroatoms. The van der Waals surface area contributed by atoms with E-state index >= 15 is 0 Å². The number of sulfonamides is 1. The summed E-state index contributed by atoms with van der Waals surface area (Å²) in [5.41, 5.74) is 0.511. The van der Waals surface area contributed by atoms with Gasteiger partial charge in [-0.1, -0.05) is 17.4 Å². The Hall–Kier alpha value is -1.03. The molecule has 0 atom stereocenters. The van der Waals surface area contributed by atoms with Gasteiger partial charge in [-0.2, -0.15) is 0 Å². The van der Waals surface area contributed by atoms with Gasteiger partial charge >= 0.3 is 0 Å². The molecule has 1 aromatic carbocycles. The number of aryl methyl sites for hydroxylation is 1. The van der Waals surface area contributed by atoms with Crippen LogP contribution in [-0.2, 0) is 16.6 Å². The van der Waals surface area contributed by atoms with Gasteiger partial charge in [0.2, 0.25) is 5.13 Å². The minimum Gasteiger partial charge on any atom is -0.392 e. The van der Waals surface area contributed by atoms with Gasteiger partial charge in [0.1, 0.15) is 9.90 Å². The number of aliphatic hydroxyl groups is 1. The first-order valence-electron chi connectivity index (χ1n) is 5.14. The highest BCUT2D eigenvalue weighted by Crippen LogP contribution is 2.26. The zero-order chi connectivity index (χ0) is 14.0. The lowest BCUT2D eigenvalue weighted by Gasteiger charge is -2.08. The first kappa shape index (κ1) is 14.4. The minimum absolute atomic E-state index is 0.0481. The van der Waals surface area contributed by atoms with Crippen LogP contribution in [0.5, 0.6) is 0 Å². The van der Waals surface area contributed by atoms with Crippen molar-refractivity contribution in [2.75, 3.05) is 4.72 Å². The molecule has 0 aliphatic carbocycles. The Kier molecular flexibility index (Phi) is 4.19. The van der Waals surface area contributed by atoms with Crippen molar-refractivity contribution in [3.8, 4) is 0 Å². The van der Waals surface area contributed by atoms with Crippen molar-refractivity contribution in [2.45, 2.75) is 18.4 Å². The molecule has 0 aliphatic heterocycles. The van der Waals surface area contributed by atoms with Gasteiger partial charge < -0.3 is 5.11 Å². The number of halogens is 1. The van der Waals surface area contributed by atoms with Gasteiger partial charge in [-0.3, -0.25) is 4.72 Å². The van der Waals surface area contributed by atoms with Crippen LogP contribution >= 0.6 is 27.3 Å². The maximum Gasteiger partial charge on any atom is 0.264 e. The first-order valence-corrected chi connectivity index (χ1v) is 8.24. The summed E-state index contributed by atoms with van der Waals surface area (Å²) >= 11 is 4.33. The van der Waals surface area contributed by atoms with Crippen LogP contribution in [0.2, 0.25) is 0 Å². The van der Waals surface area contributed by atoms with Gasteiger partial charge in [-0.05, 0) is 40.5 Å². The Morgan fingerprint density at radius 3 is 2.74 bits per heavy atom. The number of aliphatic hydroxyl groups excluding tert-OH is 1. The zero-order valence-corrected chi connectivity index (χ0v) is 13.0. The molecule has 0 aliphatic rings. The number of hydrogen-bond donors (Lipinski definition) is 2. The summed E-state index contributed by atoms with van der Waals surface area (Å²) in [7, 11) is -3.76. The largest absolute Gasteiger partial charge is 0.392 e. The van der Waals surface area contributed by atoms with E-state index in [1.54, 1.807) is 19.1 Å². The third kappa shape index (κ3) is 3.30. The Morgan fingerprint density at radius 2 is 2.16 bits per heavy atom. The summed E-state index contributed by atoms with van der Waals surface area (Å²) in [4.78, 5) is 0.0481. The lowest BCUT2D eigenvalue weighted by atomic mass is 10.2. The average Bonchev–Trinajstić information content (AvgIpc) is 2.74. The van der Waals surface area contributed by atoms with Gasteiger partial charge in [0, 0.05) is 4.47 Å². The van der Waals surface area contributed by atoms with Crippen molar-refractivity contribution in [1.29, 1.82) is 0 Å². The topological polar surface area (TPSA) is 92.2 Å². The van der Waals surface area contributed by atoms with E-state index in [-0.39, 0.29) is 16.6 Å². The van der Waals surface area contributed by atoms with E-state index in [1.807, 2.05) is 0 Å². The predicted molar refractivity (Wildman–Crippen MR) is 75.5 cm³/mol. The lowest BCUT2D eigenvalue weighted by molar-refractivity contribution is 0.281. The number of nitrogens with zero attached hydrogens (tertiary/aromatic N) is 2. The molecule has 1 aromatic heterocycles. The molecule has 2 N–H and O–H groups in total. The van der Waals surface area contributed by atoms with Gasteiger partial charge in [-0.25, -0.2) is 8.42 Å². The van der Waals surface area contributed by atoms with Crippen LogP contribution < -0.4 is 4.72 Å². The SMILES string of the molecule is Cc1nnc(NS(=O)(=O)c2cc(CO)ccc2Br)s1. The van der Waals surface area contributed by atoms with E-state index in [2.05, 4.69) is 30.8 Å². The number of aromatic nitrogens is 2. The van der Waals surface area contributed by atoms with Crippen molar-refractivity contribution in [3.63, 3.8) is 0 Å². The quantitative estimate of drug-likeness (QED) is 0.865. The van der Waals surface area contributed by atoms with Gasteiger partial charge in [-0.15, -0.1) is 10.2 Å². The summed E-state index contributed by atoms with van der Waals surface area (Å²) in [5.74, 6) is 0. The van der Waals surface area contributed by atoms with Crippen LogP contribution in [0, 0.1) is 6.92 Å². The fourth-order valence-corrected chi connectivity index (χ4v) is 4.20. The highest BCUT2D eigenvalue weighted by atomic mass is 79.9. The third-order valence-electron chi connectivity index (χ3n) is 2.22. The molecule has 2 aromatic rings. The van der Waals surface area contributed by atoms with E-state index in [0.29, 0.717) is 15.0 Å². The zero-order valence-electron chi connectivity index (χ0n) is 9.79. The fourth-order valence-electron chi connectivity index (χ4n) is 1.36. The summed E-state index contributed by atoms with van der Waals surface area (Å²) in [6.07, 6.45) is 0. The van der Waals surface area contributed by atoms with Crippen molar-refractivity contribution in [3.05, 3.63) is 33.2 Å². The number of rotatable bonds is 4. The van der Waals surface area contributed by atoms with E-state index in [0.717, 1.165) is 11.3 Å². The monoisotopic (exact) mass is 363 g/mol. The molecule has 0 radical (unpaired) electrons. The summed E-state index contributed by atoms with van der Waals surface area (Å²) < 4.78 is 27.2. The molecule has 0 unspecified atom stereocenters. The normalized spacial score (nSPS) is 11.5. The van der Waals surface area contributed by atoms with Gasteiger partial charge in [0.25, 0.3) is 10.0 Å². The standard InChI is InChI=1S/C10H10BrN3O3S2/c1-6-12-13-10(18-6)14-19(16,17)9-4-7(5-15)2-3-8(9)11/h2-4,15H,5H2,1H3,(H,13,14). The lowest BCUT2D eigenvalue weighted by Crippen LogP contribution is -2.13. The summed E-state index contributed by atoms with van der Waals surface area (Å²) in [5, 5.41) is 17.4. The molecule has 1 heterocycles.